The minimum absolute atomic E-state index is 0.281. The van der Waals surface area contributed by atoms with E-state index in [-0.39, 0.29) is 11.3 Å². The van der Waals surface area contributed by atoms with Crippen molar-refractivity contribution >= 4 is 10.0 Å². The van der Waals surface area contributed by atoms with Gasteiger partial charge in [-0.2, -0.15) is 4.31 Å². The van der Waals surface area contributed by atoms with Crippen LogP contribution in [0.2, 0.25) is 0 Å². The Morgan fingerprint density at radius 2 is 1.89 bits per heavy atom. The summed E-state index contributed by atoms with van der Waals surface area (Å²) in [4.78, 5) is 0. The third-order valence-corrected chi connectivity index (χ3v) is 5.65. The molecule has 1 aliphatic carbocycles. The summed E-state index contributed by atoms with van der Waals surface area (Å²) < 4.78 is 26.8. The summed E-state index contributed by atoms with van der Waals surface area (Å²) in [5.41, 5.74) is 0. The summed E-state index contributed by atoms with van der Waals surface area (Å²) in [5, 5.41) is 2.88. The van der Waals surface area contributed by atoms with Gasteiger partial charge in [0, 0.05) is 25.2 Å². The van der Waals surface area contributed by atoms with E-state index in [0.717, 1.165) is 25.7 Å². The Morgan fingerprint density at radius 3 is 2.33 bits per heavy atom. The van der Waals surface area contributed by atoms with Crippen molar-refractivity contribution in [1.82, 2.24) is 9.62 Å². The van der Waals surface area contributed by atoms with E-state index in [9.17, 15) is 8.42 Å². The van der Waals surface area contributed by atoms with Crippen molar-refractivity contribution in [2.45, 2.75) is 70.7 Å². The van der Waals surface area contributed by atoms with Gasteiger partial charge in [0.15, 0.2) is 0 Å². The largest absolute Gasteiger partial charge is 0.313 e. The zero-order chi connectivity index (χ0) is 13.8. The van der Waals surface area contributed by atoms with Gasteiger partial charge in [0.2, 0.25) is 10.0 Å². The molecule has 0 bridgehead atoms. The monoisotopic (exact) mass is 276 g/mol. The Balaban J connectivity index is 2.62. The molecule has 18 heavy (non-hydrogen) atoms. The Bertz CT molecular complexity index is 337. The highest BCUT2D eigenvalue weighted by Gasteiger charge is 2.39. The first-order chi connectivity index (χ1) is 8.39. The molecule has 1 atom stereocenters. The highest BCUT2D eigenvalue weighted by Crippen LogP contribution is 2.30. The zero-order valence-corrected chi connectivity index (χ0v) is 13.0. The predicted octanol–water partition coefficient (Wildman–Crippen LogP) is 1.97. The molecule has 5 heteroatoms. The van der Waals surface area contributed by atoms with Gasteiger partial charge in [-0.3, -0.25) is 0 Å². The molecule has 0 aliphatic heterocycles. The fourth-order valence-electron chi connectivity index (χ4n) is 1.93. The molecule has 1 saturated carbocycles. The number of nitrogens with one attached hydrogen (secondary N) is 1. The van der Waals surface area contributed by atoms with Gasteiger partial charge < -0.3 is 5.32 Å². The van der Waals surface area contributed by atoms with Crippen molar-refractivity contribution in [3.05, 3.63) is 0 Å². The predicted molar refractivity (Wildman–Crippen MR) is 76.2 cm³/mol. The molecule has 1 fully saturated rings. The van der Waals surface area contributed by atoms with Crippen molar-refractivity contribution in [3.63, 3.8) is 0 Å². The molecule has 0 aromatic rings. The van der Waals surface area contributed by atoms with Crippen LogP contribution in [-0.2, 0) is 10.0 Å². The average molecular weight is 276 g/mol. The quantitative estimate of drug-likeness (QED) is 0.700. The number of unbranched alkanes of at least 4 members (excludes halogenated alkanes) is 1. The first kappa shape index (κ1) is 15.9. The second kappa shape index (κ2) is 6.87. The van der Waals surface area contributed by atoms with E-state index in [0.29, 0.717) is 19.1 Å². The third-order valence-electron chi connectivity index (χ3n) is 3.34. The minimum atomic E-state index is -3.13. The van der Waals surface area contributed by atoms with Crippen molar-refractivity contribution in [3.8, 4) is 0 Å². The lowest BCUT2D eigenvalue weighted by atomic mass is 10.3. The second-order valence-electron chi connectivity index (χ2n) is 5.61. The standard InChI is InChI=1S/C13H28N2O2S/c1-5-6-9-15(13-7-8-13)18(16,17)12(4)10-14-11(2)3/h11-14H,5-10H2,1-4H3. The Kier molecular flexibility index (Phi) is 6.08. The lowest BCUT2D eigenvalue weighted by molar-refractivity contribution is 0.387. The number of rotatable bonds is 9. The maximum absolute atomic E-state index is 12.5. The van der Waals surface area contributed by atoms with Crippen molar-refractivity contribution in [1.29, 1.82) is 0 Å². The highest BCUT2D eigenvalue weighted by molar-refractivity contribution is 7.89. The van der Waals surface area contributed by atoms with Crippen molar-refractivity contribution in [2.24, 2.45) is 0 Å². The van der Waals surface area contributed by atoms with E-state index in [1.54, 1.807) is 4.31 Å². The van der Waals surface area contributed by atoms with Crippen LogP contribution in [0.1, 0.15) is 53.4 Å². The van der Waals surface area contributed by atoms with Crippen molar-refractivity contribution in [2.75, 3.05) is 13.1 Å². The molecule has 0 saturated heterocycles. The van der Waals surface area contributed by atoms with Gasteiger partial charge in [0.25, 0.3) is 0 Å². The van der Waals surface area contributed by atoms with Gasteiger partial charge in [-0.25, -0.2) is 8.42 Å². The van der Waals surface area contributed by atoms with Crippen LogP contribution in [0, 0.1) is 0 Å². The van der Waals surface area contributed by atoms with Gasteiger partial charge in [-0.05, 0) is 26.2 Å². The molecular weight excluding hydrogens is 248 g/mol. The SMILES string of the molecule is CCCCN(C1CC1)S(=O)(=O)C(C)CNC(C)C. The first-order valence-corrected chi connectivity index (χ1v) is 8.64. The molecule has 0 heterocycles. The van der Waals surface area contributed by atoms with E-state index in [2.05, 4.69) is 12.2 Å². The maximum Gasteiger partial charge on any atom is 0.218 e. The van der Waals surface area contributed by atoms with E-state index in [4.69, 9.17) is 0 Å². The second-order valence-corrected chi connectivity index (χ2v) is 7.92. The summed E-state index contributed by atoms with van der Waals surface area (Å²) in [6.45, 7) is 9.21. The maximum atomic E-state index is 12.5. The van der Waals surface area contributed by atoms with E-state index in [1.165, 1.54) is 0 Å². The smallest absolute Gasteiger partial charge is 0.218 e. The zero-order valence-electron chi connectivity index (χ0n) is 12.1. The molecule has 1 unspecified atom stereocenters. The molecule has 4 nitrogen and oxygen atoms in total. The highest BCUT2D eigenvalue weighted by atomic mass is 32.2. The summed E-state index contributed by atoms with van der Waals surface area (Å²) in [6, 6.07) is 0.607. The van der Waals surface area contributed by atoms with Crippen LogP contribution in [0.25, 0.3) is 0 Å². The van der Waals surface area contributed by atoms with Crippen molar-refractivity contribution < 1.29 is 8.42 Å². The summed E-state index contributed by atoms with van der Waals surface area (Å²) >= 11 is 0. The average Bonchev–Trinajstić information content (AvgIpc) is 3.10. The minimum Gasteiger partial charge on any atom is -0.313 e. The molecule has 0 amide bonds. The fraction of sp³-hybridized carbons (Fsp3) is 1.00. The van der Waals surface area contributed by atoms with Gasteiger partial charge in [-0.15, -0.1) is 0 Å². The number of hydrogen-bond donors (Lipinski definition) is 1. The third kappa shape index (κ3) is 4.52. The summed E-state index contributed by atoms with van der Waals surface area (Å²) in [5.74, 6) is 0. The molecule has 1 rings (SSSR count). The molecule has 0 spiro atoms. The van der Waals surface area contributed by atoms with E-state index < -0.39 is 10.0 Å². The van der Waals surface area contributed by atoms with Crippen LogP contribution >= 0.6 is 0 Å². The Hall–Kier alpha value is -0.130. The summed E-state index contributed by atoms with van der Waals surface area (Å²) in [7, 11) is -3.13. The Labute approximate surface area is 112 Å². The van der Waals surface area contributed by atoms with Crippen LogP contribution in [0.15, 0.2) is 0 Å². The van der Waals surface area contributed by atoms with Crippen LogP contribution in [0.4, 0.5) is 0 Å². The van der Waals surface area contributed by atoms with Crippen LogP contribution in [0.3, 0.4) is 0 Å². The summed E-state index contributed by atoms with van der Waals surface area (Å²) in [6.07, 6.45) is 4.07. The Morgan fingerprint density at radius 1 is 1.28 bits per heavy atom. The van der Waals surface area contributed by atoms with Gasteiger partial charge in [-0.1, -0.05) is 27.2 Å². The van der Waals surface area contributed by atoms with Crippen LogP contribution in [0.5, 0.6) is 0 Å². The number of nitrogens with zero attached hydrogens (tertiary/aromatic N) is 1. The fourth-order valence-corrected chi connectivity index (χ4v) is 3.71. The molecule has 0 aromatic carbocycles. The molecule has 0 aromatic heterocycles. The van der Waals surface area contributed by atoms with E-state index in [1.807, 2.05) is 20.8 Å². The van der Waals surface area contributed by atoms with E-state index >= 15 is 0 Å². The van der Waals surface area contributed by atoms with Crippen LogP contribution in [-0.4, -0.2) is 43.1 Å². The van der Waals surface area contributed by atoms with Gasteiger partial charge >= 0.3 is 0 Å². The normalized spacial score (nSPS) is 18.6. The van der Waals surface area contributed by atoms with Gasteiger partial charge in [0.1, 0.15) is 0 Å². The number of sulfonamides is 1. The topological polar surface area (TPSA) is 49.4 Å². The molecule has 108 valence electrons. The molecule has 1 N–H and O–H groups in total. The molecule has 1 aliphatic rings. The van der Waals surface area contributed by atoms with Gasteiger partial charge in [0.05, 0.1) is 5.25 Å². The molecule has 0 radical (unpaired) electrons. The molecular formula is C13H28N2O2S. The number of hydrogen-bond acceptors (Lipinski definition) is 3. The first-order valence-electron chi connectivity index (χ1n) is 7.13. The van der Waals surface area contributed by atoms with Crippen LogP contribution < -0.4 is 5.32 Å². The lowest BCUT2D eigenvalue weighted by Gasteiger charge is -2.26. The lowest BCUT2D eigenvalue weighted by Crippen LogP contribution is -2.44.